The van der Waals surface area contributed by atoms with Crippen LogP contribution in [-0.2, 0) is 104 Å². The molecule has 0 unspecified atom stereocenters. The van der Waals surface area contributed by atoms with Crippen molar-refractivity contribution in [2.45, 2.75) is 318 Å². The number of aliphatic hydroxyl groups excluding tert-OH is 23. The minimum atomic E-state index is -2.51. The number of ether oxygens (including phenoxy) is 17. The van der Waals surface area contributed by atoms with Crippen LogP contribution in [0.15, 0.2) is 0 Å². The van der Waals surface area contributed by atoms with E-state index in [2.05, 4.69) is 26.6 Å². The molecule has 50 nitrogen and oxygen atoms in total. The average molecular weight is 1670 g/mol. The molecular weight excluding hydrogens is 1560 g/mol. The molecule has 50 heteroatoms. The van der Waals surface area contributed by atoms with Crippen LogP contribution in [0.25, 0.3) is 0 Å². The van der Waals surface area contributed by atoms with Gasteiger partial charge in [0.15, 0.2) is 56.6 Å². The highest BCUT2D eigenvalue weighted by Gasteiger charge is 2.61. The maximum Gasteiger partial charge on any atom is 0.217 e. The molecule has 28 N–H and O–H groups in total. The van der Waals surface area contributed by atoms with Crippen LogP contribution < -0.4 is 26.6 Å². The summed E-state index contributed by atoms with van der Waals surface area (Å²) < 4.78 is 101. The van der Waals surface area contributed by atoms with Crippen molar-refractivity contribution < 1.29 is 222 Å². The Labute approximate surface area is 646 Å². The van der Waals surface area contributed by atoms with Gasteiger partial charge in [-0.1, -0.05) is 0 Å². The Balaban J connectivity index is 1.01. The van der Waals surface area contributed by atoms with Crippen molar-refractivity contribution in [3.8, 4) is 0 Å². The second kappa shape index (κ2) is 40.9. The molecule has 0 bridgehead atoms. The predicted octanol–water partition coefficient (Wildman–Crippen LogP) is -18.9. The maximum absolute atomic E-state index is 13.2. The van der Waals surface area contributed by atoms with Gasteiger partial charge in [-0.25, -0.2) is 0 Å². The quantitative estimate of drug-likeness (QED) is 0.0331. The van der Waals surface area contributed by atoms with Gasteiger partial charge < -0.3 is 225 Å². The summed E-state index contributed by atoms with van der Waals surface area (Å²) in [6.07, 6.45) is -79.5. The molecule has 9 rings (SSSR count). The van der Waals surface area contributed by atoms with Gasteiger partial charge in [0.2, 0.25) is 29.5 Å². The van der Waals surface area contributed by atoms with Crippen molar-refractivity contribution in [2.75, 3.05) is 52.9 Å². The summed E-state index contributed by atoms with van der Waals surface area (Å²) >= 11 is 0. The minimum absolute atomic E-state index is 0.771. The molecule has 9 aliphatic heterocycles. The SMILES string of the molecule is CC(=O)N[C@@H]1[C@@H](O[C@@H]2O[C@H](CO[C@@H]3O[C@H](CO)[C@@H](O[C@@H]4O[C@H](CO)[C@H](O)[C@H](O)[C@H]4O[C@@H]4O[C@@H](C)[C@@H](O)[C@@H](O)[C@@H]4O)[C@H](O)[C@H]3NC(C)=O)[C@H](O)[C@H](O[C@@H]3O[C@H](CO)[C@@H](O[C@@H]4O[C@H](CO)[C@H](O[C@H]5O[C@H](CO)[C@@H](O)[C@H](O)[C@H]5NC(C)=O)[C@H](O)[C@H]4O)[C@H](O)[C@H]3NC(C)=O)[C@H]2O)[C@@H](O)[C@@H](CO[C@@H]2O[C@H](CO)[C@@H](O)[C@H](O)[C@H]2NC(C)=O)O[C@@H]1O. The standard InChI is InChI=1S/C64H107N5O45/c1-15-34(81)44(91)47(94)61(100-15)114-55-45(92)37(84)23(9-72)104-64(55)111-51-24(10-73)105-58(31(42(51)89)67-18(4)78)99-14-28-39(86)54(49(96)63(108-28)112-53-33(69-20(6)80)56(97)101-27(38(53)85)13-98-57-29(65-16(2)76)40(87)35(82)21(7-70)102-57)113-60-32(68-19(5)79)43(90)50(25(11-74)106-60)110-62-48(95)46(93)52(26(12-75)107-62)109-59-30(66-17(3)77)41(88)36(83)22(8-71)103-59/h15,21-64,70-75,81-97H,7-14H2,1-6H3,(H,65,76)(H,66,77)(H,67,78)(H,68,79)(H,69,80)/t15-,21+,22+,23+,24+,25+,26+,27+,28+,29+,30+,31+,32+,33+,34+,35+,36+,37-,38-,39-,40+,41+,42+,43+,44+,45-,46+,47-,48+,49+,50+,51+,52-,53+,54-,55+,56-,57+,58+,59+,60-,61-,62-,63-,64-/m0/s1. The van der Waals surface area contributed by atoms with E-state index in [4.69, 9.17) is 80.5 Å². The van der Waals surface area contributed by atoms with Gasteiger partial charge in [-0.2, -0.15) is 0 Å². The molecule has 0 spiro atoms. The Bertz CT molecular complexity index is 3080. The molecule has 0 aliphatic carbocycles. The third kappa shape index (κ3) is 21.0. The predicted molar refractivity (Wildman–Crippen MR) is 354 cm³/mol. The van der Waals surface area contributed by atoms with Crippen molar-refractivity contribution in [3.05, 3.63) is 0 Å². The van der Waals surface area contributed by atoms with Gasteiger partial charge in [0.05, 0.1) is 59.0 Å². The lowest BCUT2D eigenvalue weighted by Crippen LogP contribution is -2.71. The van der Waals surface area contributed by atoms with Crippen LogP contribution in [0.3, 0.4) is 0 Å². The van der Waals surface area contributed by atoms with E-state index in [0.29, 0.717) is 0 Å². The van der Waals surface area contributed by atoms with E-state index in [0.717, 1.165) is 34.6 Å². The summed E-state index contributed by atoms with van der Waals surface area (Å²) in [4.78, 5) is 63.6. The molecule has 0 aromatic heterocycles. The lowest BCUT2D eigenvalue weighted by Gasteiger charge is -2.51. The number of carbonyl (C=O) groups is 5. The fourth-order valence-corrected chi connectivity index (χ4v) is 14.7. The molecule has 9 fully saturated rings. The number of aliphatic hydroxyl groups is 23. The molecule has 9 heterocycles. The molecule has 9 aliphatic rings. The molecule has 0 radical (unpaired) electrons. The van der Waals surface area contributed by atoms with Crippen LogP contribution in [0.5, 0.6) is 0 Å². The van der Waals surface area contributed by atoms with Crippen LogP contribution in [0.2, 0.25) is 0 Å². The van der Waals surface area contributed by atoms with Gasteiger partial charge >= 0.3 is 0 Å². The number of carbonyl (C=O) groups excluding carboxylic acids is 5. The Morgan fingerprint density at radius 2 is 0.535 bits per heavy atom. The molecule has 658 valence electrons. The van der Waals surface area contributed by atoms with Crippen LogP contribution >= 0.6 is 0 Å². The van der Waals surface area contributed by atoms with Gasteiger partial charge in [0.25, 0.3) is 0 Å². The van der Waals surface area contributed by atoms with Gasteiger partial charge in [0.1, 0.15) is 213 Å². The Morgan fingerprint density at radius 1 is 0.246 bits per heavy atom. The lowest BCUT2D eigenvalue weighted by molar-refractivity contribution is -0.387. The van der Waals surface area contributed by atoms with Crippen LogP contribution in [0.1, 0.15) is 41.5 Å². The van der Waals surface area contributed by atoms with Crippen LogP contribution in [0, 0.1) is 0 Å². The van der Waals surface area contributed by atoms with E-state index < -0.39 is 358 Å². The lowest BCUT2D eigenvalue weighted by atomic mass is 9.93. The minimum Gasteiger partial charge on any atom is -0.394 e. The monoisotopic (exact) mass is 1670 g/mol. The maximum atomic E-state index is 13.2. The summed E-state index contributed by atoms with van der Waals surface area (Å²) in [6, 6.07) is -9.00. The van der Waals surface area contributed by atoms with E-state index >= 15 is 0 Å². The zero-order valence-electron chi connectivity index (χ0n) is 61.9. The molecule has 0 aromatic carbocycles. The Kier molecular flexibility index (Phi) is 33.6. The van der Waals surface area contributed by atoms with Gasteiger partial charge in [0, 0.05) is 34.6 Å². The van der Waals surface area contributed by atoms with Crippen molar-refractivity contribution in [1.29, 1.82) is 0 Å². The summed E-state index contributed by atoms with van der Waals surface area (Å²) in [5.74, 6) is -4.40. The third-order valence-electron chi connectivity index (χ3n) is 20.7. The molecule has 0 saturated carbocycles. The smallest absolute Gasteiger partial charge is 0.217 e. The number of amides is 5. The van der Waals surface area contributed by atoms with Gasteiger partial charge in [-0.3, -0.25) is 24.0 Å². The average Bonchev–Trinajstić information content (AvgIpc) is 0.979. The summed E-state index contributed by atoms with van der Waals surface area (Å²) in [5, 5.41) is 268. The Hall–Kier alpha value is -4.25. The number of hydrogen-bond donors (Lipinski definition) is 28. The topological polar surface area (TPSA) is 768 Å². The molecule has 114 heavy (non-hydrogen) atoms. The molecule has 9 saturated heterocycles. The molecule has 45 atom stereocenters. The first-order valence-electron chi connectivity index (χ1n) is 36.5. The van der Waals surface area contributed by atoms with E-state index in [1.165, 1.54) is 6.92 Å². The normalized spacial score (nSPS) is 48.2. The van der Waals surface area contributed by atoms with Gasteiger partial charge in [-0.05, 0) is 6.92 Å². The first-order chi connectivity index (χ1) is 53.8. The number of nitrogens with one attached hydrogen (secondary N) is 5. The second-order valence-electron chi connectivity index (χ2n) is 28.9. The summed E-state index contributed by atoms with van der Waals surface area (Å²) in [6.45, 7) is -2.10. The first-order valence-corrected chi connectivity index (χ1v) is 36.5. The zero-order chi connectivity index (χ0) is 84.1. The highest BCUT2D eigenvalue weighted by molar-refractivity contribution is 5.75. The summed E-state index contributed by atoms with van der Waals surface area (Å²) in [7, 11) is 0. The fourth-order valence-electron chi connectivity index (χ4n) is 14.7. The molecule has 5 amide bonds. The van der Waals surface area contributed by atoms with Crippen molar-refractivity contribution in [1.82, 2.24) is 26.6 Å². The van der Waals surface area contributed by atoms with Crippen LogP contribution in [0.4, 0.5) is 0 Å². The van der Waals surface area contributed by atoms with Crippen LogP contribution in [-0.4, -0.2) is 476 Å². The van der Waals surface area contributed by atoms with Crippen molar-refractivity contribution in [2.24, 2.45) is 0 Å². The molecule has 0 aromatic rings. The third-order valence-corrected chi connectivity index (χ3v) is 20.7. The highest BCUT2D eigenvalue weighted by Crippen LogP contribution is 2.39. The van der Waals surface area contributed by atoms with E-state index in [1.54, 1.807) is 0 Å². The second-order valence-corrected chi connectivity index (χ2v) is 28.9. The molecular formula is C64H107N5O45. The van der Waals surface area contributed by atoms with E-state index in [-0.39, 0.29) is 0 Å². The van der Waals surface area contributed by atoms with Crippen molar-refractivity contribution in [3.63, 3.8) is 0 Å². The summed E-state index contributed by atoms with van der Waals surface area (Å²) in [5.41, 5.74) is 0. The Morgan fingerprint density at radius 3 is 1.01 bits per heavy atom. The number of rotatable bonds is 29. The highest BCUT2D eigenvalue weighted by atomic mass is 16.8. The largest absolute Gasteiger partial charge is 0.394 e. The van der Waals surface area contributed by atoms with Crippen molar-refractivity contribution >= 4 is 29.5 Å². The first kappa shape index (κ1) is 93.6. The van der Waals surface area contributed by atoms with E-state index in [9.17, 15) is 141 Å². The fraction of sp³-hybridized carbons (Fsp3) is 0.922. The van der Waals surface area contributed by atoms with E-state index in [1.807, 2.05) is 0 Å². The van der Waals surface area contributed by atoms with Gasteiger partial charge in [-0.15, -0.1) is 0 Å². The number of hydrogen-bond acceptors (Lipinski definition) is 45. The zero-order valence-corrected chi connectivity index (χ0v) is 61.9.